The summed E-state index contributed by atoms with van der Waals surface area (Å²) in [5, 5.41) is 1.16. The summed E-state index contributed by atoms with van der Waals surface area (Å²) in [6, 6.07) is 7.48. The van der Waals surface area contributed by atoms with Crippen LogP contribution in [0.3, 0.4) is 0 Å². The molecule has 0 aliphatic heterocycles. The van der Waals surface area contributed by atoms with Crippen LogP contribution in [0.5, 0.6) is 0 Å². The summed E-state index contributed by atoms with van der Waals surface area (Å²) in [5.41, 5.74) is 1.95. The zero-order chi connectivity index (χ0) is 12.7. The van der Waals surface area contributed by atoms with Gasteiger partial charge < -0.3 is 0 Å². The molecule has 5 heteroatoms. The number of aromatic nitrogens is 2. The Balaban J connectivity index is 2.07. The Hall–Kier alpha value is -0.640. The van der Waals surface area contributed by atoms with Gasteiger partial charge in [0, 0.05) is 21.6 Å². The summed E-state index contributed by atoms with van der Waals surface area (Å²) >= 11 is 15.4. The van der Waals surface area contributed by atoms with E-state index in [2.05, 4.69) is 25.9 Å². The Labute approximate surface area is 123 Å². The fourth-order valence-electron chi connectivity index (χ4n) is 1.79. The van der Waals surface area contributed by atoms with Gasteiger partial charge in [0.05, 0.1) is 5.02 Å². The van der Waals surface area contributed by atoms with Crippen molar-refractivity contribution in [3.8, 4) is 11.4 Å². The van der Waals surface area contributed by atoms with Crippen LogP contribution in [0.1, 0.15) is 24.5 Å². The van der Waals surface area contributed by atoms with E-state index in [4.69, 9.17) is 23.2 Å². The summed E-state index contributed by atoms with van der Waals surface area (Å²) in [5.74, 6) is 1.21. The van der Waals surface area contributed by atoms with E-state index in [0.29, 0.717) is 21.9 Å². The molecule has 0 amide bonds. The maximum absolute atomic E-state index is 6.05. The molecule has 1 aliphatic carbocycles. The van der Waals surface area contributed by atoms with Gasteiger partial charge in [-0.25, -0.2) is 9.97 Å². The third-order valence-electron chi connectivity index (χ3n) is 2.89. The highest BCUT2D eigenvalue weighted by Gasteiger charge is 2.26. The molecule has 92 valence electrons. The molecular weight excluding hydrogens is 335 g/mol. The summed E-state index contributed by atoms with van der Waals surface area (Å²) in [7, 11) is 0. The quantitative estimate of drug-likeness (QED) is 0.709. The van der Waals surface area contributed by atoms with Gasteiger partial charge in [0.25, 0.3) is 0 Å². The van der Waals surface area contributed by atoms with Crippen molar-refractivity contribution in [1.82, 2.24) is 9.97 Å². The van der Waals surface area contributed by atoms with Crippen molar-refractivity contribution in [3.63, 3.8) is 0 Å². The molecule has 1 aliphatic rings. The molecule has 1 aromatic carbocycles. The SMILES string of the molecule is Clc1cc(C2CC2)nc(-c2ccc(Cl)c(Br)c2)n1. The van der Waals surface area contributed by atoms with Crippen LogP contribution in [0.15, 0.2) is 28.7 Å². The van der Waals surface area contributed by atoms with Crippen molar-refractivity contribution >= 4 is 39.1 Å². The predicted molar refractivity (Wildman–Crippen MR) is 77.2 cm³/mol. The van der Waals surface area contributed by atoms with Gasteiger partial charge in [-0.2, -0.15) is 0 Å². The van der Waals surface area contributed by atoms with Crippen molar-refractivity contribution < 1.29 is 0 Å². The fraction of sp³-hybridized carbons (Fsp3) is 0.231. The van der Waals surface area contributed by atoms with Gasteiger partial charge >= 0.3 is 0 Å². The lowest BCUT2D eigenvalue weighted by molar-refractivity contribution is 0.994. The number of hydrogen-bond acceptors (Lipinski definition) is 2. The number of hydrogen-bond donors (Lipinski definition) is 0. The van der Waals surface area contributed by atoms with Crippen molar-refractivity contribution in [2.45, 2.75) is 18.8 Å². The Kier molecular flexibility index (Phi) is 3.31. The maximum Gasteiger partial charge on any atom is 0.161 e. The normalized spacial score (nSPS) is 14.8. The van der Waals surface area contributed by atoms with Crippen molar-refractivity contribution in [2.75, 3.05) is 0 Å². The van der Waals surface area contributed by atoms with Crippen molar-refractivity contribution in [3.05, 3.63) is 44.6 Å². The highest BCUT2D eigenvalue weighted by atomic mass is 79.9. The van der Waals surface area contributed by atoms with Crippen LogP contribution in [-0.4, -0.2) is 9.97 Å². The molecule has 0 spiro atoms. The standard InChI is InChI=1S/C13H9BrCl2N2/c14-9-5-8(3-4-10(9)15)13-17-11(7-1-2-7)6-12(16)18-13/h3-7H,1-2H2. The molecule has 0 radical (unpaired) electrons. The van der Waals surface area contributed by atoms with Crippen LogP contribution < -0.4 is 0 Å². The highest BCUT2D eigenvalue weighted by molar-refractivity contribution is 9.10. The number of halogens is 3. The van der Waals surface area contributed by atoms with Gasteiger partial charge in [-0.3, -0.25) is 0 Å². The average Bonchev–Trinajstić information content (AvgIpc) is 3.16. The molecule has 1 fully saturated rings. The minimum absolute atomic E-state index is 0.493. The summed E-state index contributed by atoms with van der Waals surface area (Å²) in [4.78, 5) is 8.85. The third kappa shape index (κ3) is 2.53. The molecule has 3 rings (SSSR count). The van der Waals surface area contributed by atoms with Crippen LogP contribution in [0, 0.1) is 0 Å². The van der Waals surface area contributed by atoms with E-state index in [-0.39, 0.29) is 0 Å². The lowest BCUT2D eigenvalue weighted by Gasteiger charge is -2.05. The van der Waals surface area contributed by atoms with E-state index < -0.39 is 0 Å². The van der Waals surface area contributed by atoms with Gasteiger partial charge in [-0.05, 0) is 53.0 Å². The predicted octanol–water partition coefficient (Wildman–Crippen LogP) is 5.09. The summed E-state index contributed by atoms with van der Waals surface area (Å²) < 4.78 is 0.832. The molecule has 1 saturated carbocycles. The maximum atomic E-state index is 6.05. The lowest BCUT2D eigenvalue weighted by Crippen LogP contribution is -1.95. The molecule has 0 bridgehead atoms. The van der Waals surface area contributed by atoms with E-state index in [1.165, 1.54) is 12.8 Å². The minimum Gasteiger partial charge on any atom is -0.233 e. The monoisotopic (exact) mass is 342 g/mol. The first-order chi connectivity index (χ1) is 8.63. The molecule has 0 atom stereocenters. The number of nitrogens with zero attached hydrogens (tertiary/aromatic N) is 2. The van der Waals surface area contributed by atoms with Crippen LogP contribution in [0.25, 0.3) is 11.4 Å². The molecule has 0 unspecified atom stereocenters. The van der Waals surface area contributed by atoms with Crippen LogP contribution >= 0.6 is 39.1 Å². The molecule has 18 heavy (non-hydrogen) atoms. The Morgan fingerprint density at radius 2 is 1.89 bits per heavy atom. The molecule has 2 aromatic rings. The Bertz CT molecular complexity index is 612. The first kappa shape index (κ1) is 12.4. The smallest absolute Gasteiger partial charge is 0.161 e. The number of rotatable bonds is 2. The largest absolute Gasteiger partial charge is 0.233 e. The molecule has 0 saturated heterocycles. The summed E-state index contributed by atoms with van der Waals surface area (Å²) in [6.07, 6.45) is 2.38. The van der Waals surface area contributed by atoms with Gasteiger partial charge in [0.2, 0.25) is 0 Å². The second-order valence-corrected chi connectivity index (χ2v) is 5.99. The van der Waals surface area contributed by atoms with Gasteiger partial charge in [0.15, 0.2) is 5.82 Å². The van der Waals surface area contributed by atoms with Crippen LogP contribution in [0.2, 0.25) is 10.2 Å². The highest BCUT2D eigenvalue weighted by Crippen LogP contribution is 2.40. The van der Waals surface area contributed by atoms with Gasteiger partial charge in [0.1, 0.15) is 5.15 Å². The van der Waals surface area contributed by atoms with E-state index >= 15 is 0 Å². The minimum atomic E-state index is 0.493. The van der Waals surface area contributed by atoms with E-state index in [9.17, 15) is 0 Å². The Morgan fingerprint density at radius 3 is 2.56 bits per heavy atom. The average molecular weight is 344 g/mol. The van der Waals surface area contributed by atoms with E-state index in [1.54, 1.807) is 0 Å². The third-order valence-corrected chi connectivity index (χ3v) is 4.30. The second kappa shape index (κ2) is 4.80. The molecular formula is C13H9BrCl2N2. The van der Waals surface area contributed by atoms with Gasteiger partial charge in [-0.15, -0.1) is 0 Å². The molecule has 1 heterocycles. The van der Waals surface area contributed by atoms with E-state index in [1.807, 2.05) is 24.3 Å². The van der Waals surface area contributed by atoms with Crippen molar-refractivity contribution in [1.29, 1.82) is 0 Å². The van der Waals surface area contributed by atoms with Crippen LogP contribution in [0.4, 0.5) is 0 Å². The Morgan fingerprint density at radius 1 is 1.11 bits per heavy atom. The number of benzene rings is 1. The molecule has 0 N–H and O–H groups in total. The molecule has 2 nitrogen and oxygen atoms in total. The van der Waals surface area contributed by atoms with Crippen molar-refractivity contribution in [2.24, 2.45) is 0 Å². The second-order valence-electron chi connectivity index (χ2n) is 4.34. The first-order valence-electron chi connectivity index (χ1n) is 5.63. The molecule has 1 aromatic heterocycles. The zero-order valence-electron chi connectivity index (χ0n) is 9.33. The lowest BCUT2D eigenvalue weighted by atomic mass is 10.2. The fourth-order valence-corrected chi connectivity index (χ4v) is 2.48. The van der Waals surface area contributed by atoms with Gasteiger partial charge in [-0.1, -0.05) is 23.2 Å². The topological polar surface area (TPSA) is 25.8 Å². The summed E-state index contributed by atoms with van der Waals surface area (Å²) in [6.45, 7) is 0. The van der Waals surface area contributed by atoms with E-state index in [0.717, 1.165) is 15.7 Å². The zero-order valence-corrected chi connectivity index (χ0v) is 12.4. The first-order valence-corrected chi connectivity index (χ1v) is 7.18. The van der Waals surface area contributed by atoms with Crippen LogP contribution in [-0.2, 0) is 0 Å².